The second-order valence-electron chi connectivity index (χ2n) is 3.23. The van der Waals surface area contributed by atoms with Crippen molar-refractivity contribution in [2.75, 3.05) is 0 Å². The van der Waals surface area contributed by atoms with E-state index in [1.807, 2.05) is 0 Å². The van der Waals surface area contributed by atoms with E-state index in [4.69, 9.17) is 16.0 Å². The fourth-order valence-electron chi connectivity index (χ4n) is 1.16. The maximum Gasteiger partial charge on any atom is 0.408 e. The van der Waals surface area contributed by atoms with E-state index in [9.17, 15) is 18.0 Å². The summed E-state index contributed by atoms with van der Waals surface area (Å²) in [5, 5.41) is 9.31. The highest BCUT2D eigenvalue weighted by atomic mass is 35.5. The largest absolute Gasteiger partial charge is 0.413 e. The number of carbonyl (C=O) groups excluding carboxylic acids is 1. The molecule has 2 aromatic rings. The first-order valence-electron chi connectivity index (χ1n) is 4.48. The Morgan fingerprint density at radius 1 is 1.44 bits per heavy atom. The van der Waals surface area contributed by atoms with Crippen molar-refractivity contribution in [2.24, 2.45) is 0 Å². The highest BCUT2D eigenvalue weighted by Gasteiger charge is 2.28. The number of hydrogen-bond acceptors (Lipinski definition) is 5. The van der Waals surface area contributed by atoms with Crippen LogP contribution >= 0.6 is 11.6 Å². The molecule has 0 fully saturated rings. The lowest BCUT2D eigenvalue weighted by atomic mass is 10.4. The highest BCUT2D eigenvalue weighted by Crippen LogP contribution is 2.21. The number of halogens is 4. The zero-order chi connectivity index (χ0) is 13.3. The molecule has 0 saturated heterocycles. The highest BCUT2D eigenvalue weighted by molar-refractivity contribution is 6.67. The Balaban J connectivity index is 2.21. The van der Waals surface area contributed by atoms with Crippen LogP contribution < -0.4 is 0 Å². The van der Waals surface area contributed by atoms with Gasteiger partial charge in [-0.2, -0.15) is 18.3 Å². The Morgan fingerprint density at radius 2 is 2.17 bits per heavy atom. The third-order valence-corrected chi connectivity index (χ3v) is 1.98. The molecule has 0 bridgehead atoms. The molecule has 0 radical (unpaired) electrons. The summed E-state index contributed by atoms with van der Waals surface area (Å²) in [5.74, 6) is -0.567. The van der Waals surface area contributed by atoms with Gasteiger partial charge < -0.3 is 4.42 Å². The Morgan fingerprint density at radius 3 is 2.72 bits per heavy atom. The summed E-state index contributed by atoms with van der Waals surface area (Å²) in [7, 11) is 0. The van der Waals surface area contributed by atoms with Gasteiger partial charge in [-0.25, -0.2) is 0 Å². The molecule has 18 heavy (non-hydrogen) atoms. The van der Waals surface area contributed by atoms with E-state index in [0.717, 1.165) is 12.4 Å². The van der Waals surface area contributed by atoms with Crippen molar-refractivity contribution in [3.8, 4) is 11.5 Å². The molecule has 2 rings (SSSR count). The maximum atomic E-state index is 12.1. The first kappa shape index (κ1) is 12.6. The van der Waals surface area contributed by atoms with E-state index in [-0.39, 0.29) is 11.5 Å². The molecule has 0 aliphatic rings. The molecule has 0 aromatic carbocycles. The van der Waals surface area contributed by atoms with Crippen LogP contribution in [0, 0.1) is 0 Å². The molecule has 2 heterocycles. The molecule has 0 atom stereocenters. The Hall–Kier alpha value is -1.90. The maximum absolute atomic E-state index is 12.1. The quantitative estimate of drug-likeness (QED) is 0.803. The van der Waals surface area contributed by atoms with Crippen LogP contribution in [0.5, 0.6) is 0 Å². The summed E-state index contributed by atoms with van der Waals surface area (Å²) in [6.45, 7) is -1.23. The average Bonchev–Trinajstić information content (AvgIpc) is 2.81. The van der Waals surface area contributed by atoms with Crippen molar-refractivity contribution in [2.45, 2.75) is 12.7 Å². The van der Waals surface area contributed by atoms with Gasteiger partial charge in [-0.1, -0.05) is 0 Å². The van der Waals surface area contributed by atoms with Crippen molar-refractivity contribution in [1.29, 1.82) is 0 Å². The van der Waals surface area contributed by atoms with Crippen molar-refractivity contribution in [3.05, 3.63) is 18.3 Å². The number of alkyl halides is 3. The van der Waals surface area contributed by atoms with Gasteiger partial charge in [-0.3, -0.25) is 9.48 Å². The molecule has 6 nitrogen and oxygen atoms in total. The van der Waals surface area contributed by atoms with Crippen LogP contribution in [-0.2, 0) is 6.54 Å². The number of nitrogens with zero attached hydrogens (tertiary/aromatic N) is 4. The lowest BCUT2D eigenvalue weighted by molar-refractivity contribution is -0.142. The summed E-state index contributed by atoms with van der Waals surface area (Å²) in [4.78, 5) is 10.7. The number of aromatic nitrogens is 4. The van der Waals surface area contributed by atoms with Crippen molar-refractivity contribution < 1.29 is 22.4 Å². The van der Waals surface area contributed by atoms with E-state index in [0.29, 0.717) is 4.68 Å². The van der Waals surface area contributed by atoms with Gasteiger partial charge in [-0.05, 0) is 11.6 Å². The Bertz CT molecular complexity index is 577. The molecule has 0 aliphatic heterocycles. The van der Waals surface area contributed by atoms with E-state index in [1.54, 1.807) is 0 Å². The number of rotatable bonds is 3. The van der Waals surface area contributed by atoms with E-state index in [2.05, 4.69) is 15.3 Å². The van der Waals surface area contributed by atoms with Crippen LogP contribution in [0.2, 0.25) is 0 Å². The minimum atomic E-state index is -4.38. The second-order valence-corrected chi connectivity index (χ2v) is 3.57. The molecule has 96 valence electrons. The normalized spacial score (nSPS) is 11.8. The molecule has 0 unspecified atom stereocenters. The van der Waals surface area contributed by atoms with Gasteiger partial charge in [-0.15, -0.1) is 10.2 Å². The second kappa shape index (κ2) is 4.41. The predicted octanol–water partition coefficient (Wildman–Crippen LogP) is 1.87. The van der Waals surface area contributed by atoms with Gasteiger partial charge in [0.2, 0.25) is 0 Å². The third kappa shape index (κ3) is 2.86. The van der Waals surface area contributed by atoms with Crippen molar-refractivity contribution in [1.82, 2.24) is 20.0 Å². The number of carbonyl (C=O) groups is 1. The third-order valence-electron chi connectivity index (χ3n) is 1.81. The molecular weight excluding hydrogens is 277 g/mol. The Labute approximate surface area is 102 Å². The summed E-state index contributed by atoms with van der Waals surface area (Å²) < 4.78 is 41.8. The summed E-state index contributed by atoms with van der Waals surface area (Å²) in [5.41, 5.74) is 0.163. The van der Waals surface area contributed by atoms with Crippen LogP contribution in [0.3, 0.4) is 0 Å². The minimum Gasteiger partial charge on any atom is -0.413 e. The van der Waals surface area contributed by atoms with Crippen LogP contribution in [0.25, 0.3) is 11.5 Å². The van der Waals surface area contributed by atoms with Gasteiger partial charge >= 0.3 is 17.3 Å². The summed E-state index contributed by atoms with van der Waals surface area (Å²) in [6.07, 6.45) is -2.19. The van der Waals surface area contributed by atoms with Gasteiger partial charge in [0.25, 0.3) is 5.89 Å². The Kier molecular flexibility index (Phi) is 3.07. The molecule has 0 saturated carbocycles. The predicted molar refractivity (Wildman–Crippen MR) is 51.8 cm³/mol. The smallest absolute Gasteiger partial charge is 0.408 e. The van der Waals surface area contributed by atoms with Crippen LogP contribution in [-0.4, -0.2) is 31.4 Å². The summed E-state index contributed by atoms with van der Waals surface area (Å²) >= 11 is 5.09. The summed E-state index contributed by atoms with van der Waals surface area (Å²) in [6, 6.07) is 0. The zero-order valence-corrected chi connectivity index (χ0v) is 9.23. The van der Waals surface area contributed by atoms with Crippen molar-refractivity contribution >= 4 is 16.8 Å². The average molecular weight is 281 g/mol. The first-order valence-corrected chi connectivity index (χ1v) is 4.86. The fourth-order valence-corrected chi connectivity index (χ4v) is 1.24. The lowest BCUT2D eigenvalue weighted by Crippen LogP contribution is -2.17. The molecule has 0 aliphatic carbocycles. The van der Waals surface area contributed by atoms with Gasteiger partial charge in [0.15, 0.2) is 0 Å². The molecule has 2 aromatic heterocycles. The first-order chi connectivity index (χ1) is 8.35. The van der Waals surface area contributed by atoms with Gasteiger partial charge in [0, 0.05) is 6.20 Å². The topological polar surface area (TPSA) is 73.8 Å². The number of hydrogen-bond donors (Lipinski definition) is 0. The monoisotopic (exact) mass is 280 g/mol. The van der Waals surface area contributed by atoms with Crippen molar-refractivity contribution in [3.63, 3.8) is 0 Å². The van der Waals surface area contributed by atoms with Crippen LogP contribution in [0.4, 0.5) is 13.2 Å². The van der Waals surface area contributed by atoms with Crippen LogP contribution in [0.15, 0.2) is 16.8 Å². The lowest BCUT2D eigenvalue weighted by Gasteiger charge is -2.04. The minimum absolute atomic E-state index is 0.132. The van der Waals surface area contributed by atoms with Gasteiger partial charge in [0.05, 0.1) is 11.8 Å². The van der Waals surface area contributed by atoms with E-state index < -0.39 is 23.9 Å². The standard InChI is InChI=1S/C8H4ClF3N4O2/c9-5(17)7-15-14-6(18-7)4-1-13-16(2-4)3-8(10,11)12/h1-2H,3H2. The van der Waals surface area contributed by atoms with Crippen LogP contribution in [0.1, 0.15) is 10.7 Å². The van der Waals surface area contributed by atoms with E-state index in [1.165, 1.54) is 0 Å². The fraction of sp³-hybridized carbons (Fsp3) is 0.250. The zero-order valence-electron chi connectivity index (χ0n) is 8.48. The van der Waals surface area contributed by atoms with E-state index >= 15 is 0 Å². The molecule has 0 amide bonds. The van der Waals surface area contributed by atoms with Gasteiger partial charge in [0.1, 0.15) is 6.54 Å². The molecule has 0 spiro atoms. The molecule has 0 N–H and O–H groups in total. The molecular formula is C8H4ClF3N4O2. The molecule has 10 heteroatoms. The SMILES string of the molecule is O=C(Cl)c1nnc(-c2cnn(CC(F)(F)F)c2)o1.